The largest absolute Gasteiger partial charge is 0.338 e. The Labute approximate surface area is 118 Å². The maximum absolute atomic E-state index is 5.57. The molecule has 1 aliphatic rings. The number of aromatic nitrogens is 3. The minimum Gasteiger partial charge on any atom is -0.338 e. The van der Waals surface area contributed by atoms with Crippen molar-refractivity contribution in [1.29, 1.82) is 0 Å². The van der Waals surface area contributed by atoms with Crippen LogP contribution in [0.15, 0.2) is 22.7 Å². The zero-order chi connectivity index (χ0) is 14.2. The Hall–Kier alpha value is -1.75. The molecule has 1 atom stereocenters. The van der Waals surface area contributed by atoms with Crippen molar-refractivity contribution in [3.63, 3.8) is 0 Å². The summed E-state index contributed by atoms with van der Waals surface area (Å²) in [5.74, 6) is 1.77. The smallest absolute Gasteiger partial charge is 0.234 e. The quantitative estimate of drug-likeness (QED) is 0.929. The van der Waals surface area contributed by atoms with Crippen LogP contribution in [-0.4, -0.2) is 28.2 Å². The molecule has 0 saturated carbocycles. The number of nitrogens with one attached hydrogen (secondary N) is 1. The van der Waals surface area contributed by atoms with Gasteiger partial charge in [-0.15, -0.1) is 0 Å². The summed E-state index contributed by atoms with van der Waals surface area (Å²) in [4.78, 5) is 9.07. The van der Waals surface area contributed by atoms with Crippen molar-refractivity contribution in [2.45, 2.75) is 32.6 Å². The fraction of sp³-hybridized carbons (Fsp3) is 0.533. The Morgan fingerprint density at radius 2 is 2.15 bits per heavy atom. The van der Waals surface area contributed by atoms with Crippen molar-refractivity contribution in [3.05, 3.63) is 29.8 Å². The Kier molecular flexibility index (Phi) is 3.30. The molecule has 3 heterocycles. The van der Waals surface area contributed by atoms with E-state index in [-0.39, 0.29) is 5.41 Å². The fourth-order valence-corrected chi connectivity index (χ4v) is 2.83. The summed E-state index contributed by atoms with van der Waals surface area (Å²) in [6.07, 6.45) is 1.04. The molecule has 5 nitrogen and oxygen atoms in total. The summed E-state index contributed by atoms with van der Waals surface area (Å²) in [5, 5.41) is 7.53. The summed E-state index contributed by atoms with van der Waals surface area (Å²) in [6.45, 7) is 8.27. The summed E-state index contributed by atoms with van der Waals surface area (Å²) in [6, 6.07) is 5.83. The van der Waals surface area contributed by atoms with Gasteiger partial charge in [-0.3, -0.25) is 0 Å². The zero-order valence-electron chi connectivity index (χ0n) is 12.2. The molecule has 3 rings (SSSR count). The van der Waals surface area contributed by atoms with Gasteiger partial charge in [-0.2, -0.15) is 4.98 Å². The third-order valence-corrected chi connectivity index (χ3v) is 4.26. The molecule has 2 aromatic heterocycles. The molecule has 20 heavy (non-hydrogen) atoms. The third-order valence-electron chi connectivity index (χ3n) is 4.26. The van der Waals surface area contributed by atoms with Crippen molar-refractivity contribution in [2.24, 2.45) is 5.92 Å². The summed E-state index contributed by atoms with van der Waals surface area (Å²) >= 11 is 0. The maximum atomic E-state index is 5.57. The minimum absolute atomic E-state index is 0.0466. The molecule has 0 amide bonds. The summed E-state index contributed by atoms with van der Waals surface area (Å²) in [7, 11) is 0. The SMILES string of the molecule is Cc1cccc(-c2noc(C3(C(C)C)CCNC3)n2)n1. The van der Waals surface area contributed by atoms with E-state index in [1.807, 2.05) is 25.1 Å². The molecule has 0 spiro atoms. The molecule has 0 radical (unpaired) electrons. The van der Waals surface area contributed by atoms with E-state index in [0.29, 0.717) is 11.7 Å². The van der Waals surface area contributed by atoms with Crippen LogP contribution in [0.2, 0.25) is 0 Å². The highest BCUT2D eigenvalue weighted by atomic mass is 16.5. The molecule has 0 aliphatic carbocycles. The maximum Gasteiger partial charge on any atom is 0.234 e. The molecule has 1 unspecified atom stereocenters. The minimum atomic E-state index is -0.0466. The first-order valence-corrected chi connectivity index (χ1v) is 7.11. The van der Waals surface area contributed by atoms with Gasteiger partial charge in [0.05, 0.1) is 5.41 Å². The molecular weight excluding hydrogens is 252 g/mol. The highest BCUT2D eigenvalue weighted by Crippen LogP contribution is 2.37. The Morgan fingerprint density at radius 3 is 2.80 bits per heavy atom. The van der Waals surface area contributed by atoms with Crippen LogP contribution in [0, 0.1) is 12.8 Å². The lowest BCUT2D eigenvalue weighted by atomic mass is 9.76. The molecular formula is C15H20N4O. The molecule has 0 bridgehead atoms. The van der Waals surface area contributed by atoms with Crippen LogP contribution in [0.25, 0.3) is 11.5 Å². The van der Waals surface area contributed by atoms with Gasteiger partial charge in [-0.05, 0) is 37.9 Å². The molecule has 1 fully saturated rings. The highest BCUT2D eigenvalue weighted by Gasteiger charge is 2.43. The first kappa shape index (κ1) is 13.2. The molecule has 1 N–H and O–H groups in total. The first-order valence-electron chi connectivity index (χ1n) is 7.11. The third kappa shape index (κ3) is 2.12. The number of rotatable bonds is 3. The number of aryl methyl sites for hydroxylation is 1. The summed E-state index contributed by atoms with van der Waals surface area (Å²) in [5.41, 5.74) is 1.68. The second-order valence-corrected chi connectivity index (χ2v) is 5.82. The van der Waals surface area contributed by atoms with Gasteiger partial charge in [0.15, 0.2) is 0 Å². The topological polar surface area (TPSA) is 63.8 Å². The lowest BCUT2D eigenvalue weighted by Gasteiger charge is -2.27. The van der Waals surface area contributed by atoms with Crippen LogP contribution in [0.4, 0.5) is 0 Å². The number of hydrogen-bond acceptors (Lipinski definition) is 5. The second kappa shape index (κ2) is 4.98. The summed E-state index contributed by atoms with van der Waals surface area (Å²) < 4.78 is 5.57. The molecule has 5 heteroatoms. The van der Waals surface area contributed by atoms with E-state index in [9.17, 15) is 0 Å². The lowest BCUT2D eigenvalue weighted by Crippen LogP contribution is -2.35. The molecule has 0 aromatic carbocycles. The average Bonchev–Trinajstić information content (AvgIpc) is 3.08. The molecule has 106 valence electrons. The van der Waals surface area contributed by atoms with Gasteiger partial charge in [-0.25, -0.2) is 4.98 Å². The van der Waals surface area contributed by atoms with Crippen LogP contribution in [-0.2, 0) is 5.41 Å². The average molecular weight is 272 g/mol. The fourth-order valence-electron chi connectivity index (χ4n) is 2.83. The van der Waals surface area contributed by atoms with Gasteiger partial charge in [-0.1, -0.05) is 25.1 Å². The zero-order valence-corrected chi connectivity index (χ0v) is 12.2. The van der Waals surface area contributed by atoms with E-state index < -0.39 is 0 Å². The van der Waals surface area contributed by atoms with E-state index in [4.69, 9.17) is 4.52 Å². The van der Waals surface area contributed by atoms with Gasteiger partial charge in [0.25, 0.3) is 0 Å². The first-order chi connectivity index (χ1) is 9.62. The standard InChI is InChI=1S/C15H20N4O/c1-10(2)15(7-8-16-9-15)14-18-13(19-20-14)12-6-4-5-11(3)17-12/h4-6,10,16H,7-9H2,1-3H3. The van der Waals surface area contributed by atoms with E-state index in [1.165, 1.54) is 0 Å². The van der Waals surface area contributed by atoms with Gasteiger partial charge in [0, 0.05) is 12.2 Å². The van der Waals surface area contributed by atoms with Gasteiger partial charge < -0.3 is 9.84 Å². The van der Waals surface area contributed by atoms with E-state index >= 15 is 0 Å². The van der Waals surface area contributed by atoms with Gasteiger partial charge in [0.2, 0.25) is 11.7 Å². The van der Waals surface area contributed by atoms with Crippen molar-refractivity contribution in [1.82, 2.24) is 20.4 Å². The van der Waals surface area contributed by atoms with Crippen molar-refractivity contribution in [3.8, 4) is 11.5 Å². The predicted molar refractivity (Wildman–Crippen MR) is 76.3 cm³/mol. The molecule has 2 aromatic rings. The van der Waals surface area contributed by atoms with Gasteiger partial charge >= 0.3 is 0 Å². The molecule has 1 aliphatic heterocycles. The van der Waals surface area contributed by atoms with E-state index in [2.05, 4.69) is 34.3 Å². The number of hydrogen-bond donors (Lipinski definition) is 1. The Morgan fingerprint density at radius 1 is 1.30 bits per heavy atom. The number of nitrogens with zero attached hydrogens (tertiary/aromatic N) is 3. The normalized spacial score (nSPS) is 22.6. The van der Waals surface area contributed by atoms with Crippen LogP contribution in [0.1, 0.15) is 31.9 Å². The monoisotopic (exact) mass is 272 g/mol. The Bertz CT molecular complexity index is 599. The van der Waals surface area contributed by atoms with E-state index in [1.54, 1.807) is 0 Å². The van der Waals surface area contributed by atoms with Gasteiger partial charge in [0.1, 0.15) is 5.69 Å². The second-order valence-electron chi connectivity index (χ2n) is 5.82. The van der Waals surface area contributed by atoms with E-state index in [0.717, 1.165) is 36.8 Å². The predicted octanol–water partition coefficient (Wildman–Crippen LogP) is 2.33. The van der Waals surface area contributed by atoms with Crippen LogP contribution in [0.3, 0.4) is 0 Å². The van der Waals surface area contributed by atoms with Crippen molar-refractivity contribution >= 4 is 0 Å². The number of pyridine rings is 1. The van der Waals surface area contributed by atoms with Crippen molar-refractivity contribution in [2.75, 3.05) is 13.1 Å². The Balaban J connectivity index is 1.97. The lowest BCUT2D eigenvalue weighted by molar-refractivity contribution is 0.234. The van der Waals surface area contributed by atoms with Crippen molar-refractivity contribution < 1.29 is 4.52 Å². The van der Waals surface area contributed by atoms with Crippen LogP contribution in [0.5, 0.6) is 0 Å². The van der Waals surface area contributed by atoms with Crippen LogP contribution < -0.4 is 5.32 Å². The highest BCUT2D eigenvalue weighted by molar-refractivity contribution is 5.48. The van der Waals surface area contributed by atoms with Crippen LogP contribution >= 0.6 is 0 Å². The molecule has 1 saturated heterocycles.